The highest BCUT2D eigenvalue weighted by Crippen LogP contribution is 2.42. The number of rotatable bonds is 5. The van der Waals surface area contributed by atoms with Gasteiger partial charge in [0, 0.05) is 38.5 Å². The summed E-state index contributed by atoms with van der Waals surface area (Å²) in [5.41, 5.74) is -0.0870. The topological polar surface area (TPSA) is 57.7 Å². The maximum absolute atomic E-state index is 13.1. The molecule has 5 nitrogen and oxygen atoms in total. The highest BCUT2D eigenvalue weighted by molar-refractivity contribution is 6.32. The third kappa shape index (κ3) is 3.64. The lowest BCUT2D eigenvalue weighted by molar-refractivity contribution is -0.141. The molecule has 1 fully saturated rings. The number of carbonyl (C=O) groups is 3. The largest absolute Gasteiger partial charge is 0.341 e. The van der Waals surface area contributed by atoms with E-state index in [-0.39, 0.29) is 37.0 Å². The second kappa shape index (κ2) is 7.72. The number of likely N-dealkylation sites (N-methyl/N-ethyl adjacent to an activating group) is 1. The van der Waals surface area contributed by atoms with Gasteiger partial charge in [0.05, 0.1) is 5.41 Å². The first-order chi connectivity index (χ1) is 13.2. The van der Waals surface area contributed by atoms with Crippen LogP contribution in [0.3, 0.4) is 0 Å². The second-order valence-electron chi connectivity index (χ2n) is 7.05. The first-order valence-electron chi connectivity index (χ1n) is 8.79. The van der Waals surface area contributed by atoms with Crippen molar-refractivity contribution in [2.45, 2.75) is 24.8 Å². The van der Waals surface area contributed by atoms with Gasteiger partial charge in [-0.1, -0.05) is 41.9 Å². The summed E-state index contributed by atoms with van der Waals surface area (Å²) in [6.45, 7) is 0.260. The number of hydrogen-bond acceptors (Lipinski definition) is 3. The van der Waals surface area contributed by atoms with E-state index in [2.05, 4.69) is 0 Å². The van der Waals surface area contributed by atoms with E-state index in [0.29, 0.717) is 10.6 Å². The van der Waals surface area contributed by atoms with E-state index in [1.807, 2.05) is 0 Å². The smallest absolute Gasteiger partial charge is 0.240 e. The van der Waals surface area contributed by atoms with Gasteiger partial charge in [0.25, 0.3) is 0 Å². The fourth-order valence-corrected chi connectivity index (χ4v) is 3.84. The Kier molecular flexibility index (Phi) is 5.52. The van der Waals surface area contributed by atoms with Crippen LogP contribution in [-0.4, -0.2) is 41.6 Å². The van der Waals surface area contributed by atoms with Gasteiger partial charge in [-0.15, -0.1) is 0 Å². The molecule has 1 heterocycles. The minimum atomic E-state index is -1.32. The molecule has 2 aromatic rings. The van der Waals surface area contributed by atoms with Gasteiger partial charge in [-0.2, -0.15) is 0 Å². The summed E-state index contributed by atoms with van der Waals surface area (Å²) in [5, 5.41) is 0.341. The van der Waals surface area contributed by atoms with Gasteiger partial charge in [-0.05, 0) is 29.3 Å². The van der Waals surface area contributed by atoms with Gasteiger partial charge < -0.3 is 4.90 Å². The number of amides is 3. The second-order valence-corrected chi connectivity index (χ2v) is 7.46. The molecular formula is C21H20ClFN2O3. The van der Waals surface area contributed by atoms with E-state index >= 15 is 0 Å². The summed E-state index contributed by atoms with van der Waals surface area (Å²) in [4.78, 5) is 40.7. The Labute approximate surface area is 167 Å². The van der Waals surface area contributed by atoms with Gasteiger partial charge >= 0.3 is 0 Å². The predicted molar refractivity (Wildman–Crippen MR) is 103 cm³/mol. The SMILES string of the molecule is CN(Cc1ccc(F)cc1)C(=O)CC1(c2ccccc2Cl)CC(=O)N(C)C1=O. The Hall–Kier alpha value is -2.73. The molecule has 0 radical (unpaired) electrons. The van der Waals surface area contributed by atoms with Gasteiger partial charge in [-0.3, -0.25) is 19.3 Å². The van der Waals surface area contributed by atoms with Crippen LogP contribution in [0.15, 0.2) is 48.5 Å². The van der Waals surface area contributed by atoms with E-state index in [9.17, 15) is 18.8 Å². The Bertz CT molecular complexity index is 932. The predicted octanol–water partition coefficient (Wildman–Crippen LogP) is 3.15. The van der Waals surface area contributed by atoms with Crippen LogP contribution in [0.5, 0.6) is 0 Å². The number of likely N-dealkylation sites (tertiary alicyclic amines) is 1. The lowest BCUT2D eigenvalue weighted by Gasteiger charge is -2.29. The molecule has 3 rings (SSSR count). The molecule has 0 bridgehead atoms. The van der Waals surface area contributed by atoms with Crippen molar-refractivity contribution < 1.29 is 18.8 Å². The van der Waals surface area contributed by atoms with Crippen LogP contribution in [0.4, 0.5) is 4.39 Å². The molecule has 0 N–H and O–H groups in total. The third-order valence-corrected chi connectivity index (χ3v) is 5.47. The molecule has 1 aliphatic rings. The molecule has 28 heavy (non-hydrogen) atoms. The standard InChI is InChI=1S/C21H20ClFN2O3/c1-24(13-14-7-9-15(23)10-8-14)18(26)11-21(12-19(27)25(2)20(21)28)16-5-3-4-6-17(16)22/h3-10H,11-13H2,1-2H3. The normalized spacial score (nSPS) is 19.2. The maximum Gasteiger partial charge on any atom is 0.240 e. The monoisotopic (exact) mass is 402 g/mol. The molecule has 1 unspecified atom stereocenters. The van der Waals surface area contributed by atoms with Crippen molar-refractivity contribution in [3.05, 3.63) is 70.5 Å². The Morgan fingerprint density at radius 2 is 1.82 bits per heavy atom. The highest BCUT2D eigenvalue weighted by atomic mass is 35.5. The number of nitrogens with zero attached hydrogens (tertiary/aromatic N) is 2. The average molecular weight is 403 g/mol. The third-order valence-electron chi connectivity index (χ3n) is 5.14. The van der Waals surface area contributed by atoms with E-state index in [4.69, 9.17) is 11.6 Å². The summed E-state index contributed by atoms with van der Waals surface area (Å²) < 4.78 is 13.1. The van der Waals surface area contributed by atoms with Gasteiger partial charge in [0.1, 0.15) is 5.82 Å². The lowest BCUT2D eigenvalue weighted by atomic mass is 9.75. The van der Waals surface area contributed by atoms with Crippen LogP contribution < -0.4 is 0 Å². The van der Waals surface area contributed by atoms with Crippen LogP contribution in [0, 0.1) is 5.82 Å². The van der Waals surface area contributed by atoms with Crippen molar-refractivity contribution in [3.8, 4) is 0 Å². The fraction of sp³-hybridized carbons (Fsp3) is 0.286. The molecular weight excluding hydrogens is 383 g/mol. The Morgan fingerprint density at radius 1 is 1.18 bits per heavy atom. The fourth-order valence-electron chi connectivity index (χ4n) is 3.52. The molecule has 0 spiro atoms. The van der Waals surface area contributed by atoms with Gasteiger partial charge in [0.15, 0.2) is 0 Å². The van der Waals surface area contributed by atoms with Crippen molar-refractivity contribution in [2.24, 2.45) is 0 Å². The van der Waals surface area contributed by atoms with Crippen LogP contribution in [0.1, 0.15) is 24.0 Å². The van der Waals surface area contributed by atoms with Gasteiger partial charge in [-0.25, -0.2) is 4.39 Å². The average Bonchev–Trinajstić information content (AvgIpc) is 2.88. The van der Waals surface area contributed by atoms with Crippen molar-refractivity contribution in [1.82, 2.24) is 9.80 Å². The lowest BCUT2D eigenvalue weighted by Crippen LogP contribution is -2.41. The number of imide groups is 1. The number of halogens is 2. The molecule has 2 aromatic carbocycles. The van der Waals surface area contributed by atoms with Gasteiger partial charge in [0.2, 0.25) is 17.7 Å². The van der Waals surface area contributed by atoms with Crippen LogP contribution in [-0.2, 0) is 26.3 Å². The minimum absolute atomic E-state index is 0.109. The van der Waals surface area contributed by atoms with Crippen molar-refractivity contribution in [3.63, 3.8) is 0 Å². The molecule has 0 aliphatic carbocycles. The Balaban J connectivity index is 1.89. The summed E-state index contributed by atoms with van der Waals surface area (Å²) >= 11 is 6.32. The minimum Gasteiger partial charge on any atom is -0.341 e. The molecule has 0 aromatic heterocycles. The summed E-state index contributed by atoms with van der Waals surface area (Å²) in [5.74, 6) is -1.44. The van der Waals surface area contributed by atoms with Crippen LogP contribution in [0.25, 0.3) is 0 Å². The molecule has 146 valence electrons. The first-order valence-corrected chi connectivity index (χ1v) is 9.17. The maximum atomic E-state index is 13.1. The summed E-state index contributed by atoms with van der Waals surface area (Å²) in [7, 11) is 3.02. The first kappa shape index (κ1) is 20.0. The zero-order chi connectivity index (χ0) is 20.5. The number of hydrogen-bond donors (Lipinski definition) is 0. The molecule has 3 amide bonds. The van der Waals surface area contributed by atoms with E-state index in [1.165, 1.54) is 24.1 Å². The van der Waals surface area contributed by atoms with E-state index < -0.39 is 11.3 Å². The molecule has 0 saturated carbocycles. The van der Waals surface area contributed by atoms with Crippen LogP contribution >= 0.6 is 11.6 Å². The van der Waals surface area contributed by atoms with Crippen molar-refractivity contribution in [2.75, 3.05) is 14.1 Å². The number of carbonyl (C=O) groups excluding carboxylic acids is 3. The Morgan fingerprint density at radius 3 is 2.39 bits per heavy atom. The van der Waals surface area contributed by atoms with E-state index in [1.54, 1.807) is 43.4 Å². The molecule has 1 saturated heterocycles. The van der Waals surface area contributed by atoms with Crippen molar-refractivity contribution >= 4 is 29.3 Å². The highest BCUT2D eigenvalue weighted by Gasteiger charge is 2.53. The number of benzene rings is 2. The summed E-state index contributed by atoms with van der Waals surface area (Å²) in [6.07, 6.45) is -0.286. The zero-order valence-electron chi connectivity index (χ0n) is 15.6. The molecule has 1 atom stereocenters. The quantitative estimate of drug-likeness (QED) is 0.722. The van der Waals surface area contributed by atoms with E-state index in [0.717, 1.165) is 10.5 Å². The van der Waals surface area contributed by atoms with Crippen molar-refractivity contribution in [1.29, 1.82) is 0 Å². The zero-order valence-corrected chi connectivity index (χ0v) is 16.4. The van der Waals surface area contributed by atoms with Crippen LogP contribution in [0.2, 0.25) is 5.02 Å². The molecule has 7 heteroatoms. The summed E-state index contributed by atoms with van der Waals surface area (Å²) in [6, 6.07) is 12.6. The molecule has 1 aliphatic heterocycles.